The molecule has 0 aromatic carbocycles. The molecule has 0 rings (SSSR count). The van der Waals surface area contributed by atoms with Gasteiger partial charge >= 0.3 is 0 Å². The highest BCUT2D eigenvalue weighted by Gasteiger charge is 1.91. The Morgan fingerprint density at radius 3 is 1.38 bits per heavy atom. The third kappa shape index (κ3) is 14.1. The minimum atomic E-state index is 0.0510. The average Bonchev–Trinajstić information content (AvgIpc) is 2.31. The molecule has 1 N–H and O–H groups in total. The maximum atomic E-state index is 8.43. The Morgan fingerprint density at radius 1 is 0.625 bits per heavy atom. The van der Waals surface area contributed by atoms with Gasteiger partial charge in [-0.1, -0.05) is 0 Å². The highest BCUT2D eigenvalue weighted by molar-refractivity contribution is 7.80. The minimum Gasteiger partial charge on any atom is -0.394 e. The Balaban J connectivity index is 2.83. The first-order chi connectivity index (χ1) is 7.91. The van der Waals surface area contributed by atoms with E-state index >= 15 is 0 Å². The van der Waals surface area contributed by atoms with Gasteiger partial charge in [0.25, 0.3) is 0 Å². The second-order valence-electron chi connectivity index (χ2n) is 2.90. The summed E-state index contributed by atoms with van der Waals surface area (Å²) < 4.78 is 20.7. The Kier molecular flexibility index (Phi) is 15.3. The van der Waals surface area contributed by atoms with Crippen molar-refractivity contribution in [2.24, 2.45) is 0 Å². The van der Waals surface area contributed by atoms with Crippen molar-refractivity contribution in [1.29, 1.82) is 0 Å². The molecule has 0 saturated carbocycles. The van der Waals surface area contributed by atoms with Gasteiger partial charge in [-0.15, -0.1) is 0 Å². The Labute approximate surface area is 102 Å². The van der Waals surface area contributed by atoms with Crippen LogP contribution in [0.3, 0.4) is 0 Å². The SMILES string of the molecule is OCCOCCOCCOCCOCCS. The highest BCUT2D eigenvalue weighted by Crippen LogP contribution is 1.83. The summed E-state index contributed by atoms with van der Waals surface area (Å²) in [6.07, 6.45) is 0. The monoisotopic (exact) mass is 254 g/mol. The molecule has 16 heavy (non-hydrogen) atoms. The highest BCUT2D eigenvalue weighted by atomic mass is 32.1. The quantitative estimate of drug-likeness (QED) is 0.357. The van der Waals surface area contributed by atoms with Crippen molar-refractivity contribution in [2.75, 3.05) is 65.2 Å². The number of aliphatic hydroxyl groups is 1. The molecule has 0 spiro atoms. The van der Waals surface area contributed by atoms with Crippen LogP contribution < -0.4 is 0 Å². The lowest BCUT2D eigenvalue weighted by molar-refractivity contribution is -0.00416. The van der Waals surface area contributed by atoms with Gasteiger partial charge in [0.2, 0.25) is 0 Å². The topological polar surface area (TPSA) is 57.2 Å². The Morgan fingerprint density at radius 2 is 1.00 bits per heavy atom. The molecule has 0 saturated heterocycles. The molecule has 5 nitrogen and oxygen atoms in total. The molecular formula is C10H22O5S. The molecule has 0 unspecified atom stereocenters. The van der Waals surface area contributed by atoms with Gasteiger partial charge in [-0.25, -0.2) is 0 Å². The maximum absolute atomic E-state index is 8.43. The predicted octanol–water partition coefficient (Wildman–Crippen LogP) is -0.0251. The van der Waals surface area contributed by atoms with Gasteiger partial charge in [-0.3, -0.25) is 0 Å². The van der Waals surface area contributed by atoms with Crippen LogP contribution in [0.25, 0.3) is 0 Å². The number of aliphatic hydroxyl groups excluding tert-OH is 1. The van der Waals surface area contributed by atoms with E-state index < -0.39 is 0 Å². The van der Waals surface area contributed by atoms with E-state index in [9.17, 15) is 0 Å². The van der Waals surface area contributed by atoms with Crippen molar-refractivity contribution >= 4 is 12.6 Å². The van der Waals surface area contributed by atoms with E-state index in [-0.39, 0.29) is 6.61 Å². The maximum Gasteiger partial charge on any atom is 0.0701 e. The molecule has 0 aromatic rings. The average molecular weight is 254 g/mol. The van der Waals surface area contributed by atoms with E-state index in [1.165, 1.54) is 0 Å². The van der Waals surface area contributed by atoms with Crippen molar-refractivity contribution in [1.82, 2.24) is 0 Å². The number of thiol groups is 1. The third-order valence-corrected chi connectivity index (χ3v) is 1.77. The van der Waals surface area contributed by atoms with E-state index in [0.29, 0.717) is 52.9 Å². The van der Waals surface area contributed by atoms with Crippen molar-refractivity contribution in [2.45, 2.75) is 0 Å². The number of hydrogen-bond acceptors (Lipinski definition) is 6. The molecule has 6 heteroatoms. The molecule has 0 amide bonds. The largest absolute Gasteiger partial charge is 0.394 e. The summed E-state index contributed by atoms with van der Waals surface area (Å²) in [5.41, 5.74) is 0. The zero-order valence-electron chi connectivity index (χ0n) is 9.60. The second kappa shape index (κ2) is 15.1. The van der Waals surface area contributed by atoms with Gasteiger partial charge in [-0.2, -0.15) is 12.6 Å². The zero-order chi connectivity index (χ0) is 11.9. The molecule has 0 aliphatic rings. The zero-order valence-corrected chi connectivity index (χ0v) is 10.5. The summed E-state index contributed by atoms with van der Waals surface area (Å²) in [5.74, 6) is 0.733. The third-order valence-electron chi connectivity index (χ3n) is 1.59. The van der Waals surface area contributed by atoms with Gasteiger partial charge in [0.1, 0.15) is 0 Å². The van der Waals surface area contributed by atoms with Crippen LogP contribution >= 0.6 is 12.6 Å². The van der Waals surface area contributed by atoms with Crippen LogP contribution in [0.15, 0.2) is 0 Å². The first kappa shape index (κ1) is 16.1. The fourth-order valence-electron chi connectivity index (χ4n) is 0.891. The first-order valence-electron chi connectivity index (χ1n) is 5.44. The van der Waals surface area contributed by atoms with Gasteiger partial charge in [-0.05, 0) is 0 Å². The molecular weight excluding hydrogens is 232 g/mol. The van der Waals surface area contributed by atoms with E-state index in [1.54, 1.807) is 0 Å². The summed E-state index contributed by atoms with van der Waals surface area (Å²) >= 11 is 4.01. The fraction of sp³-hybridized carbons (Fsp3) is 1.00. The summed E-state index contributed by atoms with van der Waals surface area (Å²) in [7, 11) is 0. The smallest absolute Gasteiger partial charge is 0.0701 e. The van der Waals surface area contributed by atoms with E-state index in [2.05, 4.69) is 12.6 Å². The van der Waals surface area contributed by atoms with E-state index in [1.807, 2.05) is 0 Å². The van der Waals surface area contributed by atoms with Crippen molar-refractivity contribution < 1.29 is 24.1 Å². The van der Waals surface area contributed by atoms with Crippen LogP contribution in [0.2, 0.25) is 0 Å². The molecule has 0 aromatic heterocycles. The van der Waals surface area contributed by atoms with Crippen LogP contribution in [0.4, 0.5) is 0 Å². The summed E-state index contributed by atoms with van der Waals surface area (Å²) in [6.45, 7) is 4.39. The lowest BCUT2D eigenvalue weighted by Gasteiger charge is -2.06. The van der Waals surface area contributed by atoms with Crippen LogP contribution in [0.1, 0.15) is 0 Å². The van der Waals surface area contributed by atoms with Crippen LogP contribution in [-0.2, 0) is 18.9 Å². The molecule has 0 radical (unpaired) electrons. The Bertz CT molecular complexity index is 112. The molecule has 0 bridgehead atoms. The fourth-order valence-corrected chi connectivity index (χ4v) is 1.02. The van der Waals surface area contributed by atoms with Crippen LogP contribution in [0, 0.1) is 0 Å². The number of hydrogen-bond donors (Lipinski definition) is 2. The van der Waals surface area contributed by atoms with Crippen LogP contribution in [0.5, 0.6) is 0 Å². The lowest BCUT2D eigenvalue weighted by atomic mass is 10.7. The summed E-state index contributed by atoms with van der Waals surface area (Å²) in [4.78, 5) is 0. The van der Waals surface area contributed by atoms with Crippen molar-refractivity contribution in [3.63, 3.8) is 0 Å². The summed E-state index contributed by atoms with van der Waals surface area (Å²) in [6, 6.07) is 0. The number of ether oxygens (including phenoxy) is 4. The van der Waals surface area contributed by atoms with Gasteiger partial charge in [0.05, 0.1) is 59.5 Å². The number of rotatable bonds is 13. The van der Waals surface area contributed by atoms with Crippen LogP contribution in [-0.4, -0.2) is 70.3 Å². The predicted molar refractivity (Wildman–Crippen MR) is 64.2 cm³/mol. The lowest BCUT2D eigenvalue weighted by Crippen LogP contribution is -2.12. The minimum absolute atomic E-state index is 0.0510. The van der Waals surface area contributed by atoms with Crippen molar-refractivity contribution in [3.8, 4) is 0 Å². The van der Waals surface area contributed by atoms with Crippen molar-refractivity contribution in [3.05, 3.63) is 0 Å². The molecule has 0 aliphatic heterocycles. The van der Waals surface area contributed by atoms with Gasteiger partial charge < -0.3 is 24.1 Å². The normalized spacial score (nSPS) is 10.9. The molecule has 98 valence electrons. The Hall–Kier alpha value is 0.150. The molecule has 0 fully saturated rings. The van der Waals surface area contributed by atoms with E-state index in [4.69, 9.17) is 24.1 Å². The second-order valence-corrected chi connectivity index (χ2v) is 3.34. The summed E-state index contributed by atoms with van der Waals surface area (Å²) in [5, 5.41) is 8.43. The molecule has 0 aliphatic carbocycles. The van der Waals surface area contributed by atoms with Gasteiger partial charge in [0.15, 0.2) is 0 Å². The standard InChI is InChI=1S/C10H22O5S/c11-1-2-12-3-4-13-5-6-14-7-8-15-9-10-16/h11,16H,1-10H2. The van der Waals surface area contributed by atoms with E-state index in [0.717, 1.165) is 5.75 Å². The molecule has 0 atom stereocenters. The van der Waals surface area contributed by atoms with Gasteiger partial charge in [0, 0.05) is 5.75 Å². The molecule has 0 heterocycles. The first-order valence-corrected chi connectivity index (χ1v) is 6.07.